The normalized spacial score (nSPS) is 19.9. The third kappa shape index (κ3) is 4.45. The summed E-state index contributed by atoms with van der Waals surface area (Å²) in [6, 6.07) is 17.3. The Morgan fingerprint density at radius 1 is 1.00 bits per heavy atom. The second-order valence-electron chi connectivity index (χ2n) is 9.90. The lowest BCUT2D eigenvalue weighted by atomic mass is 9.83. The van der Waals surface area contributed by atoms with Crippen LogP contribution in [0.25, 0.3) is 0 Å². The van der Waals surface area contributed by atoms with Crippen LogP contribution in [0.3, 0.4) is 0 Å². The molecule has 1 aromatic carbocycles. The number of aromatic nitrogens is 2. The number of fused-ring (bicyclic) bond motifs is 4. The molecule has 0 radical (unpaired) electrons. The lowest BCUT2D eigenvalue weighted by molar-refractivity contribution is 0.112. The second kappa shape index (κ2) is 9.24. The van der Waals surface area contributed by atoms with Gasteiger partial charge in [-0.2, -0.15) is 0 Å². The number of aromatic hydroxyl groups is 1. The van der Waals surface area contributed by atoms with Gasteiger partial charge in [-0.3, -0.25) is 19.4 Å². The standard InChI is InChI=1S/C27H32N4O3/c1-28(13-19-7-4-3-5-8-19)18-24-27(34)25(32)12-22(29(24)2)17-30-14-20-11-21(16-30)23-9-6-10-26(33)31(23)15-20/h3-10,12,20-21,34H,11,13-18H2,1-2H3/t20-,21+/m1/s1. The lowest BCUT2D eigenvalue weighted by Gasteiger charge is -2.43. The third-order valence-corrected chi connectivity index (χ3v) is 7.30. The molecule has 34 heavy (non-hydrogen) atoms. The number of rotatable bonds is 6. The summed E-state index contributed by atoms with van der Waals surface area (Å²) in [6.45, 7) is 4.36. The van der Waals surface area contributed by atoms with E-state index in [1.54, 1.807) is 12.1 Å². The summed E-state index contributed by atoms with van der Waals surface area (Å²) in [5.74, 6) is 0.582. The van der Waals surface area contributed by atoms with Crippen LogP contribution < -0.4 is 11.0 Å². The molecule has 2 aliphatic heterocycles. The fraction of sp³-hybridized carbons (Fsp3) is 0.407. The van der Waals surface area contributed by atoms with Gasteiger partial charge in [-0.05, 0) is 31.0 Å². The minimum atomic E-state index is -0.328. The Labute approximate surface area is 199 Å². The van der Waals surface area contributed by atoms with Crippen LogP contribution in [0.1, 0.15) is 35.0 Å². The van der Waals surface area contributed by atoms with Crippen molar-refractivity contribution in [1.29, 1.82) is 0 Å². The zero-order valence-corrected chi connectivity index (χ0v) is 19.9. The zero-order valence-electron chi connectivity index (χ0n) is 19.9. The Morgan fingerprint density at radius 3 is 2.59 bits per heavy atom. The number of pyridine rings is 2. The molecule has 2 atom stereocenters. The molecule has 1 fully saturated rings. The summed E-state index contributed by atoms with van der Waals surface area (Å²) in [6.07, 6.45) is 1.10. The summed E-state index contributed by atoms with van der Waals surface area (Å²) in [5.41, 5.74) is 3.60. The minimum absolute atomic E-state index is 0.0887. The highest BCUT2D eigenvalue weighted by atomic mass is 16.3. The molecule has 0 spiro atoms. The zero-order chi connectivity index (χ0) is 23.8. The largest absolute Gasteiger partial charge is 0.503 e. The second-order valence-corrected chi connectivity index (χ2v) is 9.90. The molecular weight excluding hydrogens is 428 g/mol. The highest BCUT2D eigenvalue weighted by Crippen LogP contribution is 2.35. The van der Waals surface area contributed by atoms with E-state index in [4.69, 9.17) is 0 Å². The molecule has 3 aromatic rings. The van der Waals surface area contributed by atoms with E-state index in [-0.39, 0.29) is 16.7 Å². The first-order valence-electron chi connectivity index (χ1n) is 11.9. The minimum Gasteiger partial charge on any atom is -0.503 e. The number of piperidine rings is 1. The van der Waals surface area contributed by atoms with Gasteiger partial charge in [0.05, 0.1) is 5.69 Å². The molecule has 0 amide bonds. The number of hydrogen-bond acceptors (Lipinski definition) is 5. The van der Waals surface area contributed by atoms with Crippen LogP contribution in [-0.4, -0.2) is 44.2 Å². The van der Waals surface area contributed by atoms with Gasteiger partial charge in [-0.15, -0.1) is 0 Å². The Balaban J connectivity index is 1.35. The van der Waals surface area contributed by atoms with Crippen LogP contribution in [0.5, 0.6) is 5.75 Å². The third-order valence-electron chi connectivity index (χ3n) is 7.30. The molecule has 7 heteroatoms. The fourth-order valence-corrected chi connectivity index (χ4v) is 5.68. The first-order chi connectivity index (χ1) is 16.4. The van der Waals surface area contributed by atoms with E-state index in [0.29, 0.717) is 30.6 Å². The predicted molar refractivity (Wildman–Crippen MR) is 132 cm³/mol. The van der Waals surface area contributed by atoms with Crippen molar-refractivity contribution in [2.75, 3.05) is 20.1 Å². The monoisotopic (exact) mass is 460 g/mol. The first kappa shape index (κ1) is 22.6. The van der Waals surface area contributed by atoms with Crippen molar-refractivity contribution in [3.8, 4) is 5.75 Å². The highest BCUT2D eigenvalue weighted by Gasteiger charge is 2.34. The maximum Gasteiger partial charge on any atom is 0.250 e. The van der Waals surface area contributed by atoms with Crippen molar-refractivity contribution >= 4 is 0 Å². The summed E-state index contributed by atoms with van der Waals surface area (Å²) in [4.78, 5) is 29.5. The topological polar surface area (TPSA) is 70.7 Å². The first-order valence-corrected chi connectivity index (χ1v) is 11.9. The molecular formula is C27H32N4O3. The van der Waals surface area contributed by atoms with Gasteiger partial charge < -0.3 is 14.2 Å². The highest BCUT2D eigenvalue weighted by molar-refractivity contribution is 5.30. The molecule has 4 heterocycles. The van der Waals surface area contributed by atoms with Crippen LogP contribution in [0, 0.1) is 5.92 Å². The number of nitrogens with zero attached hydrogens (tertiary/aromatic N) is 4. The molecule has 0 unspecified atom stereocenters. The summed E-state index contributed by atoms with van der Waals surface area (Å²) < 4.78 is 3.91. The molecule has 2 aliphatic rings. The Bertz CT molecular complexity index is 1300. The van der Waals surface area contributed by atoms with Gasteiger partial charge in [0.2, 0.25) is 5.43 Å². The Morgan fingerprint density at radius 2 is 1.79 bits per heavy atom. The van der Waals surface area contributed by atoms with E-state index < -0.39 is 0 Å². The van der Waals surface area contributed by atoms with Crippen LogP contribution in [0.2, 0.25) is 0 Å². The molecule has 5 rings (SSSR count). The molecule has 0 saturated carbocycles. The van der Waals surface area contributed by atoms with Crippen LogP contribution in [-0.2, 0) is 33.2 Å². The van der Waals surface area contributed by atoms with Gasteiger partial charge in [0.1, 0.15) is 0 Å². The van der Waals surface area contributed by atoms with Gasteiger partial charge in [0.25, 0.3) is 5.56 Å². The lowest BCUT2D eigenvalue weighted by Crippen LogP contribution is -2.47. The Hall–Kier alpha value is -3.16. The van der Waals surface area contributed by atoms with Crippen molar-refractivity contribution in [3.05, 3.63) is 97.8 Å². The van der Waals surface area contributed by atoms with Gasteiger partial charge in [0, 0.05) is 75.8 Å². The van der Waals surface area contributed by atoms with E-state index in [0.717, 1.165) is 44.0 Å². The van der Waals surface area contributed by atoms with E-state index in [1.807, 2.05) is 47.5 Å². The number of likely N-dealkylation sites (tertiary alicyclic amines) is 1. The summed E-state index contributed by atoms with van der Waals surface area (Å²) in [7, 11) is 3.93. The smallest absolute Gasteiger partial charge is 0.250 e. The van der Waals surface area contributed by atoms with E-state index in [2.05, 4.69) is 28.0 Å². The fourth-order valence-electron chi connectivity index (χ4n) is 5.68. The molecule has 0 aliphatic carbocycles. The van der Waals surface area contributed by atoms with Crippen molar-refractivity contribution in [2.24, 2.45) is 13.0 Å². The Kier molecular flexibility index (Phi) is 6.15. The van der Waals surface area contributed by atoms with Crippen molar-refractivity contribution in [3.63, 3.8) is 0 Å². The van der Waals surface area contributed by atoms with E-state index in [9.17, 15) is 14.7 Å². The molecule has 2 aromatic heterocycles. The van der Waals surface area contributed by atoms with Crippen LogP contribution >= 0.6 is 0 Å². The molecule has 7 nitrogen and oxygen atoms in total. The molecule has 178 valence electrons. The molecule has 1 N–H and O–H groups in total. The summed E-state index contributed by atoms with van der Waals surface area (Å²) >= 11 is 0. The van der Waals surface area contributed by atoms with E-state index >= 15 is 0 Å². The van der Waals surface area contributed by atoms with Gasteiger partial charge in [0.15, 0.2) is 5.75 Å². The average Bonchev–Trinajstić information content (AvgIpc) is 2.81. The maximum atomic E-state index is 12.7. The van der Waals surface area contributed by atoms with Crippen LogP contribution in [0.4, 0.5) is 0 Å². The van der Waals surface area contributed by atoms with Gasteiger partial charge in [-0.1, -0.05) is 36.4 Å². The number of benzene rings is 1. The van der Waals surface area contributed by atoms with Crippen LogP contribution in [0.15, 0.2) is 64.2 Å². The van der Waals surface area contributed by atoms with E-state index in [1.165, 1.54) is 5.56 Å². The molecule has 2 bridgehead atoms. The van der Waals surface area contributed by atoms with Gasteiger partial charge >= 0.3 is 0 Å². The molecule has 1 saturated heterocycles. The average molecular weight is 461 g/mol. The van der Waals surface area contributed by atoms with Gasteiger partial charge in [-0.25, -0.2) is 0 Å². The van der Waals surface area contributed by atoms with Crippen molar-refractivity contribution in [2.45, 2.75) is 38.5 Å². The predicted octanol–water partition coefficient (Wildman–Crippen LogP) is 2.50. The maximum absolute atomic E-state index is 12.7. The van der Waals surface area contributed by atoms with Crippen molar-refractivity contribution < 1.29 is 5.11 Å². The van der Waals surface area contributed by atoms with Crippen molar-refractivity contribution in [1.82, 2.24) is 18.9 Å². The number of hydrogen-bond donors (Lipinski definition) is 1. The SMILES string of the molecule is CN(Cc1ccccc1)Cc1c(O)c(=O)cc(CN2C[C@H]3C[C@@H](C2)c2cccc(=O)n2C3)n1C. The quantitative estimate of drug-likeness (QED) is 0.612. The summed E-state index contributed by atoms with van der Waals surface area (Å²) in [5, 5.41) is 10.6.